The van der Waals surface area contributed by atoms with Crippen molar-refractivity contribution in [3.8, 4) is 0 Å². The standard InChI is InChI=1S/C20H22O2S/c1-14-10-12-16(13-11-14)23(22)18-9-7-6-8-17(18)15(2)19(21)20(3,4)5/h6-13H,2H2,1,3-5H3. The molecule has 0 saturated carbocycles. The molecule has 120 valence electrons. The van der Waals surface area contributed by atoms with Crippen molar-refractivity contribution in [2.45, 2.75) is 37.5 Å². The van der Waals surface area contributed by atoms with Gasteiger partial charge in [-0.3, -0.25) is 4.79 Å². The van der Waals surface area contributed by atoms with Crippen LogP contribution in [0.1, 0.15) is 31.9 Å². The normalized spacial score (nSPS) is 12.7. The fourth-order valence-electron chi connectivity index (χ4n) is 2.24. The minimum atomic E-state index is -1.34. The molecule has 0 aliphatic heterocycles. The number of Topliss-reactive ketones (excluding diaryl/α,β-unsaturated/α-hetero) is 1. The molecular formula is C20H22O2S. The van der Waals surface area contributed by atoms with Crippen LogP contribution in [-0.2, 0) is 15.6 Å². The third-order valence-electron chi connectivity index (χ3n) is 3.60. The quantitative estimate of drug-likeness (QED) is 0.757. The molecule has 0 N–H and O–H groups in total. The minimum absolute atomic E-state index is 0.0362. The lowest BCUT2D eigenvalue weighted by molar-refractivity contribution is -0.120. The molecule has 2 aromatic rings. The highest BCUT2D eigenvalue weighted by Gasteiger charge is 2.26. The lowest BCUT2D eigenvalue weighted by atomic mass is 9.84. The number of hydrogen-bond donors (Lipinski definition) is 0. The highest BCUT2D eigenvalue weighted by molar-refractivity contribution is 7.85. The molecule has 2 aromatic carbocycles. The van der Waals surface area contributed by atoms with Gasteiger partial charge in [-0.1, -0.05) is 63.2 Å². The molecule has 0 spiro atoms. The fraction of sp³-hybridized carbons (Fsp3) is 0.250. The lowest BCUT2D eigenvalue weighted by Gasteiger charge is -2.19. The summed E-state index contributed by atoms with van der Waals surface area (Å²) in [5.74, 6) is -0.0362. The molecule has 0 bridgehead atoms. The number of carbonyl (C=O) groups is 1. The molecule has 0 saturated heterocycles. The average molecular weight is 326 g/mol. The maximum atomic E-state index is 12.9. The van der Waals surface area contributed by atoms with Crippen LogP contribution in [0, 0.1) is 12.3 Å². The van der Waals surface area contributed by atoms with Crippen LogP contribution in [0.2, 0.25) is 0 Å². The molecule has 0 heterocycles. The van der Waals surface area contributed by atoms with Crippen molar-refractivity contribution in [2.75, 3.05) is 0 Å². The minimum Gasteiger partial charge on any atom is -0.294 e. The highest BCUT2D eigenvalue weighted by atomic mass is 32.2. The Bertz CT molecular complexity index is 765. The molecule has 0 aromatic heterocycles. The second kappa shape index (κ2) is 6.63. The highest BCUT2D eigenvalue weighted by Crippen LogP contribution is 2.30. The first kappa shape index (κ1) is 17.4. The smallest absolute Gasteiger partial charge is 0.168 e. The van der Waals surface area contributed by atoms with Crippen LogP contribution in [0.25, 0.3) is 5.57 Å². The maximum absolute atomic E-state index is 12.9. The topological polar surface area (TPSA) is 34.1 Å². The summed E-state index contributed by atoms with van der Waals surface area (Å²) in [6.45, 7) is 11.5. The van der Waals surface area contributed by atoms with Gasteiger partial charge in [0.05, 0.1) is 15.7 Å². The van der Waals surface area contributed by atoms with Crippen LogP contribution < -0.4 is 0 Å². The lowest BCUT2D eigenvalue weighted by Crippen LogP contribution is -2.21. The molecule has 0 radical (unpaired) electrons. The van der Waals surface area contributed by atoms with Crippen LogP contribution in [0.5, 0.6) is 0 Å². The van der Waals surface area contributed by atoms with E-state index in [-0.39, 0.29) is 5.78 Å². The van der Waals surface area contributed by atoms with E-state index in [2.05, 4.69) is 6.58 Å². The van der Waals surface area contributed by atoms with Crippen LogP contribution in [0.4, 0.5) is 0 Å². The van der Waals surface area contributed by atoms with Gasteiger partial charge in [-0.25, -0.2) is 4.21 Å². The largest absolute Gasteiger partial charge is 0.294 e. The fourth-order valence-corrected chi connectivity index (χ4v) is 3.47. The van der Waals surface area contributed by atoms with Crippen molar-refractivity contribution in [2.24, 2.45) is 5.41 Å². The van der Waals surface area contributed by atoms with E-state index in [1.807, 2.05) is 70.2 Å². The van der Waals surface area contributed by atoms with Crippen LogP contribution in [0.15, 0.2) is 64.9 Å². The molecule has 0 aliphatic carbocycles. The number of rotatable bonds is 4. The van der Waals surface area contributed by atoms with Gasteiger partial charge in [-0.2, -0.15) is 0 Å². The average Bonchev–Trinajstić information content (AvgIpc) is 2.52. The van der Waals surface area contributed by atoms with E-state index in [0.29, 0.717) is 16.0 Å². The van der Waals surface area contributed by atoms with Gasteiger partial charge in [0.15, 0.2) is 5.78 Å². The summed E-state index contributed by atoms with van der Waals surface area (Å²) in [5.41, 5.74) is 1.67. The monoisotopic (exact) mass is 326 g/mol. The number of allylic oxidation sites excluding steroid dienone is 1. The Morgan fingerprint density at radius 3 is 2.13 bits per heavy atom. The molecular weight excluding hydrogens is 304 g/mol. The molecule has 1 atom stereocenters. The zero-order valence-corrected chi connectivity index (χ0v) is 14.9. The van der Waals surface area contributed by atoms with E-state index in [4.69, 9.17) is 0 Å². The number of aryl methyl sites for hydroxylation is 1. The maximum Gasteiger partial charge on any atom is 0.168 e. The second-order valence-corrected chi connectivity index (χ2v) is 8.08. The summed E-state index contributed by atoms with van der Waals surface area (Å²) >= 11 is 0. The number of ketones is 1. The van der Waals surface area contributed by atoms with Gasteiger partial charge >= 0.3 is 0 Å². The molecule has 2 rings (SSSR count). The van der Waals surface area contributed by atoms with Crippen LogP contribution >= 0.6 is 0 Å². The Hall–Kier alpha value is -2.00. The van der Waals surface area contributed by atoms with E-state index in [9.17, 15) is 9.00 Å². The van der Waals surface area contributed by atoms with Gasteiger partial charge in [0.2, 0.25) is 0 Å². The van der Waals surface area contributed by atoms with E-state index >= 15 is 0 Å². The number of benzene rings is 2. The first-order valence-corrected chi connectivity index (χ1v) is 8.68. The first-order chi connectivity index (χ1) is 10.7. The van der Waals surface area contributed by atoms with Gasteiger partial charge in [-0.15, -0.1) is 0 Å². The first-order valence-electron chi connectivity index (χ1n) is 7.53. The second-order valence-electron chi connectivity index (χ2n) is 6.64. The summed E-state index contributed by atoms with van der Waals surface area (Å²) in [7, 11) is -1.34. The van der Waals surface area contributed by atoms with Crippen molar-refractivity contribution >= 4 is 22.2 Å². The van der Waals surface area contributed by atoms with E-state index in [1.165, 1.54) is 0 Å². The Balaban J connectivity index is 2.45. The molecule has 23 heavy (non-hydrogen) atoms. The third kappa shape index (κ3) is 3.85. The Kier molecular flexibility index (Phi) is 5.00. The number of carbonyl (C=O) groups excluding carboxylic acids is 1. The van der Waals surface area contributed by atoms with Crippen molar-refractivity contribution in [1.29, 1.82) is 0 Å². The van der Waals surface area contributed by atoms with E-state index in [0.717, 1.165) is 10.5 Å². The summed E-state index contributed by atoms with van der Waals surface area (Å²) in [6, 6.07) is 14.9. The molecule has 0 fully saturated rings. The summed E-state index contributed by atoms with van der Waals surface area (Å²) in [4.78, 5) is 13.9. The predicted octanol–water partition coefficient (Wildman–Crippen LogP) is 4.79. The van der Waals surface area contributed by atoms with Crippen molar-refractivity contribution < 1.29 is 9.00 Å². The van der Waals surface area contributed by atoms with E-state index < -0.39 is 16.2 Å². The zero-order chi connectivity index (χ0) is 17.2. The Labute approximate surface area is 140 Å². The molecule has 1 unspecified atom stereocenters. The molecule has 0 aliphatic rings. The van der Waals surface area contributed by atoms with E-state index in [1.54, 1.807) is 6.07 Å². The van der Waals surface area contributed by atoms with Gasteiger partial charge in [-0.05, 0) is 25.1 Å². The summed E-state index contributed by atoms with van der Waals surface area (Å²) in [6.07, 6.45) is 0. The van der Waals surface area contributed by atoms with Gasteiger partial charge in [0, 0.05) is 21.4 Å². The van der Waals surface area contributed by atoms with Crippen molar-refractivity contribution in [3.05, 3.63) is 66.2 Å². The Morgan fingerprint density at radius 2 is 1.57 bits per heavy atom. The van der Waals surface area contributed by atoms with Gasteiger partial charge in [0.1, 0.15) is 0 Å². The third-order valence-corrected chi connectivity index (χ3v) is 5.06. The predicted molar refractivity (Wildman–Crippen MR) is 95.8 cm³/mol. The Morgan fingerprint density at radius 1 is 1.00 bits per heavy atom. The van der Waals surface area contributed by atoms with Crippen molar-refractivity contribution in [3.63, 3.8) is 0 Å². The number of hydrogen-bond acceptors (Lipinski definition) is 2. The van der Waals surface area contributed by atoms with Crippen LogP contribution in [-0.4, -0.2) is 9.99 Å². The van der Waals surface area contributed by atoms with Crippen molar-refractivity contribution in [1.82, 2.24) is 0 Å². The summed E-state index contributed by atoms with van der Waals surface area (Å²) < 4.78 is 12.9. The molecule has 3 heteroatoms. The summed E-state index contributed by atoms with van der Waals surface area (Å²) in [5, 5.41) is 0. The molecule has 0 amide bonds. The molecule has 2 nitrogen and oxygen atoms in total. The van der Waals surface area contributed by atoms with Gasteiger partial charge in [0.25, 0.3) is 0 Å². The van der Waals surface area contributed by atoms with Crippen LogP contribution in [0.3, 0.4) is 0 Å². The van der Waals surface area contributed by atoms with Gasteiger partial charge < -0.3 is 0 Å². The zero-order valence-electron chi connectivity index (χ0n) is 14.1. The SMILES string of the molecule is C=C(C(=O)C(C)(C)C)c1ccccc1S(=O)c1ccc(C)cc1.